The number of likely N-dealkylation sites (tertiary alicyclic amines) is 1. The first kappa shape index (κ1) is 16.6. The van der Waals surface area contributed by atoms with Crippen LogP contribution in [0.3, 0.4) is 0 Å². The molecular formula is C12H21N3O4S. The Bertz CT molecular complexity index is 354. The fourth-order valence-electron chi connectivity index (χ4n) is 1.95. The molecule has 3 N–H and O–H groups in total. The zero-order chi connectivity index (χ0) is 15.0. The van der Waals surface area contributed by atoms with Gasteiger partial charge in [-0.3, -0.25) is 0 Å². The maximum atomic E-state index is 11.8. The molecule has 1 saturated heterocycles. The molecule has 1 rings (SSSR count). The Balaban J connectivity index is 2.32. The Labute approximate surface area is 123 Å². The third kappa shape index (κ3) is 5.70. The van der Waals surface area contributed by atoms with Gasteiger partial charge in [0.2, 0.25) is 0 Å². The number of carbonyl (C=O) groups is 2. The van der Waals surface area contributed by atoms with Crippen LogP contribution in [-0.4, -0.2) is 61.2 Å². The van der Waals surface area contributed by atoms with Gasteiger partial charge in [0.05, 0.1) is 19.3 Å². The van der Waals surface area contributed by atoms with E-state index in [4.69, 9.17) is 15.2 Å². The number of urea groups is 1. The van der Waals surface area contributed by atoms with Crippen molar-refractivity contribution in [1.29, 1.82) is 0 Å². The minimum absolute atomic E-state index is 0.0663. The molecule has 7 nitrogen and oxygen atoms in total. The first-order valence-corrected chi connectivity index (χ1v) is 6.89. The number of carbonyl (C=O) groups excluding carboxylic acids is 2. The summed E-state index contributed by atoms with van der Waals surface area (Å²) in [7, 11) is 0. The van der Waals surface area contributed by atoms with Crippen LogP contribution in [0.4, 0.5) is 9.59 Å². The molecule has 8 heteroatoms. The van der Waals surface area contributed by atoms with E-state index in [9.17, 15) is 9.59 Å². The lowest BCUT2D eigenvalue weighted by Gasteiger charge is -2.23. The van der Waals surface area contributed by atoms with Gasteiger partial charge in [0.25, 0.3) is 0 Å². The number of nitrogens with zero attached hydrogens (tertiary/aromatic N) is 1. The lowest BCUT2D eigenvalue weighted by Crippen LogP contribution is -2.39. The summed E-state index contributed by atoms with van der Waals surface area (Å²) in [5, 5.41) is 2.54. The van der Waals surface area contributed by atoms with Gasteiger partial charge >= 0.3 is 12.1 Å². The molecule has 20 heavy (non-hydrogen) atoms. The fourth-order valence-corrected chi connectivity index (χ4v) is 2.37. The van der Waals surface area contributed by atoms with E-state index in [0.717, 1.165) is 6.42 Å². The maximum absolute atomic E-state index is 11.8. The van der Waals surface area contributed by atoms with E-state index in [0.29, 0.717) is 26.3 Å². The Hall–Kier alpha value is -1.41. The second-order valence-electron chi connectivity index (χ2n) is 4.43. The second-order valence-corrected chi connectivity index (χ2v) is 5.16. The van der Waals surface area contributed by atoms with Gasteiger partial charge in [-0.05, 0) is 6.42 Å². The highest BCUT2D eigenvalue weighted by molar-refractivity contribution is 7.81. The summed E-state index contributed by atoms with van der Waals surface area (Å²) >= 11 is 4.39. The van der Waals surface area contributed by atoms with Crippen LogP contribution in [0.2, 0.25) is 0 Å². The number of rotatable bonds is 7. The molecule has 1 fully saturated rings. The largest absolute Gasteiger partial charge is 0.445 e. The van der Waals surface area contributed by atoms with Crippen molar-refractivity contribution in [2.24, 2.45) is 5.73 Å². The quantitative estimate of drug-likeness (QED) is 0.360. The molecule has 0 spiro atoms. The van der Waals surface area contributed by atoms with Gasteiger partial charge in [-0.15, -0.1) is 0 Å². The molecule has 0 saturated carbocycles. The zero-order valence-electron chi connectivity index (χ0n) is 11.3. The van der Waals surface area contributed by atoms with Crippen molar-refractivity contribution in [3.8, 4) is 0 Å². The van der Waals surface area contributed by atoms with Gasteiger partial charge in [-0.25, -0.2) is 9.59 Å². The topological polar surface area (TPSA) is 93.9 Å². The zero-order valence-corrected chi connectivity index (χ0v) is 12.2. The highest BCUT2D eigenvalue weighted by Crippen LogP contribution is 2.22. The Morgan fingerprint density at radius 1 is 1.55 bits per heavy atom. The molecular weight excluding hydrogens is 282 g/mol. The van der Waals surface area contributed by atoms with Crippen molar-refractivity contribution in [3.63, 3.8) is 0 Å². The van der Waals surface area contributed by atoms with Crippen LogP contribution in [0.5, 0.6) is 0 Å². The monoisotopic (exact) mass is 303 g/mol. The summed E-state index contributed by atoms with van der Waals surface area (Å²) in [4.78, 5) is 23.9. The van der Waals surface area contributed by atoms with E-state index < -0.39 is 6.03 Å². The summed E-state index contributed by atoms with van der Waals surface area (Å²) in [5.74, 6) is 0. The Morgan fingerprint density at radius 2 is 2.30 bits per heavy atom. The highest BCUT2D eigenvalue weighted by Gasteiger charge is 2.34. The number of hydrogen-bond donors (Lipinski definition) is 3. The Kier molecular flexibility index (Phi) is 7.24. The average Bonchev–Trinajstić information content (AvgIpc) is 2.76. The van der Waals surface area contributed by atoms with E-state index in [2.05, 4.69) is 24.5 Å². The SMILES string of the molecule is C=CCOC(=O)N1C[C@@H](S)C[C@H]1COCCNC(N)=O. The second kappa shape index (κ2) is 8.70. The van der Waals surface area contributed by atoms with Crippen molar-refractivity contribution in [2.45, 2.75) is 17.7 Å². The molecule has 0 aromatic heterocycles. The van der Waals surface area contributed by atoms with Crippen molar-refractivity contribution < 1.29 is 19.1 Å². The molecule has 0 radical (unpaired) electrons. The van der Waals surface area contributed by atoms with Crippen LogP contribution in [-0.2, 0) is 9.47 Å². The number of ether oxygens (including phenoxy) is 2. The van der Waals surface area contributed by atoms with Crippen LogP contribution in [0.1, 0.15) is 6.42 Å². The molecule has 1 aliphatic heterocycles. The molecule has 0 unspecified atom stereocenters. The number of hydrogen-bond acceptors (Lipinski definition) is 5. The summed E-state index contributed by atoms with van der Waals surface area (Å²) < 4.78 is 10.4. The first-order chi connectivity index (χ1) is 9.54. The summed E-state index contributed by atoms with van der Waals surface area (Å²) in [6, 6.07) is -0.650. The summed E-state index contributed by atoms with van der Waals surface area (Å²) in [6.45, 7) is 5.27. The number of amides is 3. The predicted octanol–water partition coefficient (Wildman–Crippen LogP) is 0.367. The van der Waals surface area contributed by atoms with Gasteiger partial charge in [-0.2, -0.15) is 12.6 Å². The normalized spacial score (nSPS) is 21.6. The molecule has 0 bridgehead atoms. The van der Waals surface area contributed by atoms with Gasteiger partial charge < -0.3 is 25.4 Å². The summed E-state index contributed by atoms with van der Waals surface area (Å²) in [6.07, 6.45) is 1.88. The minimum Gasteiger partial charge on any atom is -0.445 e. The van der Waals surface area contributed by atoms with Crippen molar-refractivity contribution in [1.82, 2.24) is 10.2 Å². The van der Waals surface area contributed by atoms with Crippen LogP contribution >= 0.6 is 12.6 Å². The molecule has 3 amide bonds. The number of thiol groups is 1. The highest BCUT2D eigenvalue weighted by atomic mass is 32.1. The molecule has 0 aromatic rings. The predicted molar refractivity (Wildman–Crippen MR) is 77.8 cm³/mol. The van der Waals surface area contributed by atoms with E-state index >= 15 is 0 Å². The molecule has 1 heterocycles. The molecule has 0 aliphatic carbocycles. The Morgan fingerprint density at radius 3 is 2.95 bits per heavy atom. The maximum Gasteiger partial charge on any atom is 0.410 e. The fraction of sp³-hybridized carbons (Fsp3) is 0.667. The van der Waals surface area contributed by atoms with Crippen LogP contribution < -0.4 is 11.1 Å². The number of nitrogens with one attached hydrogen (secondary N) is 1. The van der Waals surface area contributed by atoms with Gasteiger partial charge in [0.1, 0.15) is 6.61 Å². The number of nitrogens with two attached hydrogens (primary N) is 1. The number of primary amides is 1. The van der Waals surface area contributed by atoms with E-state index in [1.54, 1.807) is 4.90 Å². The molecule has 1 aliphatic rings. The molecule has 0 aromatic carbocycles. The van der Waals surface area contributed by atoms with E-state index in [1.807, 2.05) is 0 Å². The minimum atomic E-state index is -0.584. The van der Waals surface area contributed by atoms with E-state index in [1.165, 1.54) is 6.08 Å². The van der Waals surface area contributed by atoms with Crippen LogP contribution in [0.15, 0.2) is 12.7 Å². The van der Waals surface area contributed by atoms with Crippen molar-refractivity contribution in [2.75, 3.05) is 32.9 Å². The standard InChI is InChI=1S/C12H21N3O4S/c1-2-4-19-12(17)15-7-10(20)6-9(15)8-18-5-3-14-11(13)16/h2,9-10,20H,1,3-8H2,(H3,13,14,16)/t9-,10-/m0/s1. The van der Waals surface area contributed by atoms with Gasteiger partial charge in [0.15, 0.2) is 0 Å². The van der Waals surface area contributed by atoms with Crippen molar-refractivity contribution >= 4 is 24.8 Å². The lowest BCUT2D eigenvalue weighted by molar-refractivity contribution is 0.0634. The average molecular weight is 303 g/mol. The van der Waals surface area contributed by atoms with Gasteiger partial charge in [-0.1, -0.05) is 12.7 Å². The third-order valence-corrected chi connectivity index (χ3v) is 3.18. The summed E-state index contributed by atoms with van der Waals surface area (Å²) in [5.41, 5.74) is 4.93. The molecule has 114 valence electrons. The third-order valence-electron chi connectivity index (χ3n) is 2.81. The van der Waals surface area contributed by atoms with Crippen molar-refractivity contribution in [3.05, 3.63) is 12.7 Å². The van der Waals surface area contributed by atoms with Crippen LogP contribution in [0, 0.1) is 0 Å². The van der Waals surface area contributed by atoms with Gasteiger partial charge in [0, 0.05) is 18.3 Å². The smallest absolute Gasteiger partial charge is 0.410 e. The first-order valence-electron chi connectivity index (χ1n) is 6.38. The van der Waals surface area contributed by atoms with E-state index in [-0.39, 0.29) is 24.0 Å². The van der Waals surface area contributed by atoms with Crippen LogP contribution in [0.25, 0.3) is 0 Å². The molecule has 2 atom stereocenters. The lowest BCUT2D eigenvalue weighted by atomic mass is 10.2.